The highest BCUT2D eigenvalue weighted by Crippen LogP contribution is 2.16. The lowest BCUT2D eigenvalue weighted by atomic mass is 10.1. The number of hydrogen-bond donors (Lipinski definition) is 3. The Bertz CT molecular complexity index is 732. The van der Waals surface area contributed by atoms with Crippen molar-refractivity contribution < 1.29 is 4.79 Å². The normalized spacial score (nSPS) is 10.4. The van der Waals surface area contributed by atoms with Crippen LogP contribution in [0.4, 0.5) is 5.82 Å². The Balaban J connectivity index is 1.83. The summed E-state index contributed by atoms with van der Waals surface area (Å²) in [5, 5.41) is 23.0. The summed E-state index contributed by atoms with van der Waals surface area (Å²) in [7, 11) is 0. The van der Waals surface area contributed by atoms with Gasteiger partial charge in [-0.15, -0.1) is 10.2 Å². The largest absolute Gasteiger partial charge is 0.305 e. The zero-order chi connectivity index (χ0) is 13.9. The lowest BCUT2D eigenvalue weighted by molar-refractivity contribution is 0.102. The van der Waals surface area contributed by atoms with Crippen molar-refractivity contribution in [3.05, 3.63) is 41.6 Å². The van der Waals surface area contributed by atoms with Crippen molar-refractivity contribution in [2.45, 2.75) is 6.92 Å². The quantitative estimate of drug-likeness (QED) is 0.660. The van der Waals surface area contributed by atoms with Crippen LogP contribution in [-0.2, 0) is 0 Å². The van der Waals surface area contributed by atoms with Crippen molar-refractivity contribution in [1.29, 1.82) is 0 Å². The monoisotopic (exact) mass is 269 g/mol. The van der Waals surface area contributed by atoms with Gasteiger partial charge in [-0.3, -0.25) is 9.89 Å². The molecule has 0 aliphatic rings. The fraction of sp³-hybridized carbons (Fsp3) is 0.0833. The molecule has 0 saturated carbocycles. The second-order valence-electron chi connectivity index (χ2n) is 4.21. The molecule has 3 rings (SSSR count). The van der Waals surface area contributed by atoms with Crippen LogP contribution in [0.2, 0.25) is 0 Å². The number of H-pyrrole nitrogens is 2. The summed E-state index contributed by atoms with van der Waals surface area (Å²) in [6.45, 7) is 1.86. The Morgan fingerprint density at radius 2 is 2.15 bits per heavy atom. The SMILES string of the molecule is Cc1cc(NC(=O)c2cccc(-c3nn[nH]n3)c2)n[nH]1. The zero-order valence-corrected chi connectivity index (χ0v) is 10.6. The number of aromatic nitrogens is 6. The van der Waals surface area contributed by atoms with Crippen LogP contribution in [0.25, 0.3) is 11.4 Å². The first kappa shape index (κ1) is 12.0. The first-order valence-electron chi connectivity index (χ1n) is 5.89. The number of carbonyl (C=O) groups is 1. The van der Waals surface area contributed by atoms with E-state index in [0.29, 0.717) is 22.8 Å². The molecule has 20 heavy (non-hydrogen) atoms. The average molecular weight is 269 g/mol. The number of hydrogen-bond acceptors (Lipinski definition) is 5. The van der Waals surface area contributed by atoms with E-state index in [4.69, 9.17) is 0 Å². The average Bonchev–Trinajstić information content (AvgIpc) is 3.11. The molecule has 1 aromatic carbocycles. The Morgan fingerprint density at radius 3 is 2.85 bits per heavy atom. The zero-order valence-electron chi connectivity index (χ0n) is 10.6. The standard InChI is InChI=1S/C12H11N7O/c1-7-5-10(15-14-7)13-12(20)9-4-2-3-8(6-9)11-16-18-19-17-11/h2-6H,1H3,(H2,13,14,15,20)(H,16,17,18,19). The van der Waals surface area contributed by atoms with E-state index in [1.807, 2.05) is 6.92 Å². The summed E-state index contributed by atoms with van der Waals surface area (Å²) in [4.78, 5) is 12.1. The molecule has 0 radical (unpaired) electrons. The minimum Gasteiger partial charge on any atom is -0.305 e. The van der Waals surface area contributed by atoms with Crippen molar-refractivity contribution in [2.24, 2.45) is 0 Å². The molecule has 0 unspecified atom stereocenters. The van der Waals surface area contributed by atoms with Gasteiger partial charge in [-0.25, -0.2) is 0 Å². The van der Waals surface area contributed by atoms with Gasteiger partial charge >= 0.3 is 0 Å². The molecule has 1 amide bonds. The molecule has 0 saturated heterocycles. The Hall–Kier alpha value is -3.03. The van der Waals surface area contributed by atoms with Crippen LogP contribution >= 0.6 is 0 Å². The van der Waals surface area contributed by atoms with Crippen LogP contribution in [-0.4, -0.2) is 36.7 Å². The van der Waals surface area contributed by atoms with Crippen LogP contribution in [0.1, 0.15) is 16.1 Å². The van der Waals surface area contributed by atoms with Crippen molar-refractivity contribution >= 4 is 11.7 Å². The number of tetrazole rings is 1. The van der Waals surface area contributed by atoms with Gasteiger partial charge in [0.1, 0.15) is 0 Å². The first-order valence-corrected chi connectivity index (χ1v) is 5.89. The molecule has 0 spiro atoms. The molecule has 100 valence electrons. The van der Waals surface area contributed by atoms with E-state index >= 15 is 0 Å². The number of anilines is 1. The number of rotatable bonds is 3. The third-order valence-corrected chi connectivity index (χ3v) is 2.68. The number of aromatic amines is 2. The van der Waals surface area contributed by atoms with Crippen molar-refractivity contribution in [2.75, 3.05) is 5.32 Å². The molecule has 3 N–H and O–H groups in total. The Kier molecular flexibility index (Phi) is 2.96. The highest BCUT2D eigenvalue weighted by Gasteiger charge is 2.10. The van der Waals surface area contributed by atoms with Crippen LogP contribution in [0, 0.1) is 6.92 Å². The van der Waals surface area contributed by atoms with Gasteiger partial charge in [0.2, 0.25) is 5.82 Å². The summed E-state index contributed by atoms with van der Waals surface area (Å²) < 4.78 is 0. The summed E-state index contributed by atoms with van der Waals surface area (Å²) in [6, 6.07) is 8.72. The molecule has 3 aromatic rings. The predicted octanol–water partition coefficient (Wildman–Crippen LogP) is 1.15. The predicted molar refractivity (Wildman–Crippen MR) is 70.9 cm³/mol. The molecule has 8 heteroatoms. The van der Waals surface area contributed by atoms with Crippen LogP contribution in [0.3, 0.4) is 0 Å². The molecular weight excluding hydrogens is 258 g/mol. The summed E-state index contributed by atoms with van der Waals surface area (Å²) in [6.07, 6.45) is 0. The lowest BCUT2D eigenvalue weighted by Gasteiger charge is -2.03. The second-order valence-corrected chi connectivity index (χ2v) is 4.21. The van der Waals surface area contributed by atoms with Gasteiger partial charge in [0.25, 0.3) is 5.91 Å². The van der Waals surface area contributed by atoms with Crippen molar-refractivity contribution in [1.82, 2.24) is 30.8 Å². The third-order valence-electron chi connectivity index (χ3n) is 2.68. The van der Waals surface area contributed by atoms with E-state index in [1.165, 1.54) is 0 Å². The first-order chi connectivity index (χ1) is 9.72. The summed E-state index contributed by atoms with van der Waals surface area (Å²) in [5.41, 5.74) is 2.08. The minimum absolute atomic E-state index is 0.248. The maximum atomic E-state index is 12.1. The van der Waals surface area contributed by atoms with Crippen LogP contribution < -0.4 is 5.32 Å². The Labute approximate surface area is 113 Å². The maximum Gasteiger partial charge on any atom is 0.256 e. The molecule has 0 aliphatic carbocycles. The summed E-state index contributed by atoms with van der Waals surface area (Å²) >= 11 is 0. The van der Waals surface area contributed by atoms with E-state index in [1.54, 1.807) is 30.3 Å². The van der Waals surface area contributed by atoms with Gasteiger partial charge in [-0.05, 0) is 24.3 Å². The minimum atomic E-state index is -0.248. The molecule has 0 bridgehead atoms. The van der Waals surface area contributed by atoms with Gasteiger partial charge in [0.15, 0.2) is 5.82 Å². The Morgan fingerprint density at radius 1 is 1.25 bits per heavy atom. The van der Waals surface area contributed by atoms with E-state index in [9.17, 15) is 4.79 Å². The second kappa shape index (κ2) is 4.92. The topological polar surface area (TPSA) is 112 Å². The van der Waals surface area contributed by atoms with Crippen molar-refractivity contribution in [3.63, 3.8) is 0 Å². The lowest BCUT2D eigenvalue weighted by Crippen LogP contribution is -2.12. The van der Waals surface area contributed by atoms with E-state index in [2.05, 4.69) is 36.1 Å². The number of carbonyl (C=O) groups excluding carboxylic acids is 1. The highest BCUT2D eigenvalue weighted by atomic mass is 16.1. The molecule has 8 nitrogen and oxygen atoms in total. The molecule has 0 aliphatic heterocycles. The van der Waals surface area contributed by atoms with Gasteiger partial charge < -0.3 is 5.32 Å². The number of benzene rings is 1. The van der Waals surface area contributed by atoms with Gasteiger partial charge in [0, 0.05) is 22.9 Å². The third kappa shape index (κ3) is 2.39. The smallest absolute Gasteiger partial charge is 0.256 e. The number of nitrogens with one attached hydrogen (secondary N) is 3. The fourth-order valence-electron chi connectivity index (χ4n) is 1.75. The number of aryl methyl sites for hydroxylation is 1. The summed E-state index contributed by atoms with van der Waals surface area (Å²) in [5.74, 6) is 0.676. The van der Waals surface area contributed by atoms with Crippen molar-refractivity contribution in [3.8, 4) is 11.4 Å². The molecule has 2 heterocycles. The molecule has 0 fully saturated rings. The van der Waals surface area contributed by atoms with Crippen LogP contribution in [0.15, 0.2) is 30.3 Å². The maximum absolute atomic E-state index is 12.1. The highest BCUT2D eigenvalue weighted by molar-refractivity contribution is 6.04. The number of amides is 1. The molecule has 2 aromatic heterocycles. The van der Waals surface area contributed by atoms with E-state index in [0.717, 1.165) is 5.69 Å². The van der Waals surface area contributed by atoms with E-state index in [-0.39, 0.29) is 5.91 Å². The van der Waals surface area contributed by atoms with Crippen LogP contribution in [0.5, 0.6) is 0 Å². The fourth-order valence-corrected chi connectivity index (χ4v) is 1.75. The number of nitrogens with zero attached hydrogens (tertiary/aromatic N) is 4. The molecular formula is C12H11N7O. The van der Waals surface area contributed by atoms with Gasteiger partial charge in [-0.1, -0.05) is 12.1 Å². The van der Waals surface area contributed by atoms with E-state index < -0.39 is 0 Å². The van der Waals surface area contributed by atoms with Gasteiger partial charge in [-0.2, -0.15) is 10.3 Å². The van der Waals surface area contributed by atoms with Gasteiger partial charge in [0.05, 0.1) is 0 Å². The molecule has 0 atom stereocenters.